The molecule has 0 bridgehead atoms. The van der Waals surface area contributed by atoms with Crippen LogP contribution < -0.4 is 5.32 Å². The third-order valence-electron chi connectivity index (χ3n) is 2.90. The van der Waals surface area contributed by atoms with Gasteiger partial charge in [-0.1, -0.05) is 48.5 Å². The van der Waals surface area contributed by atoms with E-state index >= 15 is 0 Å². The highest BCUT2D eigenvalue weighted by Crippen LogP contribution is 2.27. The predicted octanol–water partition coefficient (Wildman–Crippen LogP) is 2.77. The van der Waals surface area contributed by atoms with E-state index in [-0.39, 0.29) is 0 Å². The van der Waals surface area contributed by atoms with Crippen LogP contribution in [0, 0.1) is 0 Å². The van der Waals surface area contributed by atoms with Gasteiger partial charge in [-0.05, 0) is 11.6 Å². The Kier molecular flexibility index (Phi) is 4.95. The Morgan fingerprint density at radius 3 is 2.47 bits per heavy atom. The Morgan fingerprint density at radius 2 is 1.74 bits per heavy atom. The van der Waals surface area contributed by atoms with Crippen LogP contribution in [0.1, 0.15) is 0 Å². The first-order valence-corrected chi connectivity index (χ1v) is 6.36. The number of nitrogens with one attached hydrogen (secondary N) is 1. The van der Waals surface area contributed by atoms with Gasteiger partial charge >= 0.3 is 0 Å². The summed E-state index contributed by atoms with van der Waals surface area (Å²) in [6.45, 7) is 0.804. The molecule has 2 aromatic carbocycles. The maximum atomic E-state index is 9.68. The second kappa shape index (κ2) is 6.92. The van der Waals surface area contributed by atoms with E-state index in [1.165, 1.54) is 0 Å². The quantitative estimate of drug-likeness (QED) is 0.836. The lowest BCUT2D eigenvalue weighted by molar-refractivity contribution is 0.0727. The van der Waals surface area contributed by atoms with Crippen molar-refractivity contribution in [3.8, 4) is 11.1 Å². The van der Waals surface area contributed by atoms with Crippen molar-refractivity contribution >= 4 is 5.69 Å². The fourth-order valence-electron chi connectivity index (χ4n) is 1.99. The molecule has 0 heterocycles. The van der Waals surface area contributed by atoms with Crippen molar-refractivity contribution in [1.82, 2.24) is 0 Å². The van der Waals surface area contributed by atoms with E-state index in [2.05, 4.69) is 23.5 Å². The fraction of sp³-hybridized carbons (Fsp3) is 0.250. The van der Waals surface area contributed by atoms with Gasteiger partial charge in [-0.25, -0.2) is 0 Å². The molecule has 0 aliphatic heterocycles. The summed E-state index contributed by atoms with van der Waals surface area (Å²) in [7, 11) is 1.58. The Hall–Kier alpha value is -1.84. The van der Waals surface area contributed by atoms with Crippen molar-refractivity contribution in [2.45, 2.75) is 6.10 Å². The van der Waals surface area contributed by atoms with Gasteiger partial charge < -0.3 is 15.2 Å². The highest BCUT2D eigenvalue weighted by atomic mass is 16.5. The van der Waals surface area contributed by atoms with E-state index in [1.54, 1.807) is 7.11 Å². The minimum Gasteiger partial charge on any atom is -0.389 e. The zero-order chi connectivity index (χ0) is 13.5. The second-order valence-corrected chi connectivity index (χ2v) is 4.40. The summed E-state index contributed by atoms with van der Waals surface area (Å²) in [6.07, 6.45) is -0.506. The maximum absolute atomic E-state index is 9.68. The Morgan fingerprint density at radius 1 is 1.05 bits per heavy atom. The first kappa shape index (κ1) is 13.6. The standard InChI is InChI=1S/C16H19NO2/c1-19-12-14(18)11-17-16-10-6-5-9-15(16)13-7-3-2-4-8-13/h2-10,14,17-18H,11-12H2,1H3. The van der Waals surface area contributed by atoms with Crippen LogP contribution in [-0.4, -0.2) is 31.5 Å². The molecule has 2 N–H and O–H groups in total. The second-order valence-electron chi connectivity index (χ2n) is 4.40. The van der Waals surface area contributed by atoms with Gasteiger partial charge in [0, 0.05) is 24.9 Å². The van der Waals surface area contributed by atoms with Crippen molar-refractivity contribution in [3.63, 3.8) is 0 Å². The van der Waals surface area contributed by atoms with Crippen LogP contribution in [0.25, 0.3) is 11.1 Å². The number of anilines is 1. The topological polar surface area (TPSA) is 41.5 Å². The van der Waals surface area contributed by atoms with Gasteiger partial charge in [0.15, 0.2) is 0 Å². The summed E-state index contributed by atoms with van der Waals surface area (Å²) < 4.78 is 4.92. The van der Waals surface area contributed by atoms with Crippen molar-refractivity contribution in [2.24, 2.45) is 0 Å². The predicted molar refractivity (Wildman–Crippen MR) is 78.3 cm³/mol. The van der Waals surface area contributed by atoms with Gasteiger partial charge in [-0.15, -0.1) is 0 Å². The van der Waals surface area contributed by atoms with Crippen LogP contribution >= 0.6 is 0 Å². The minimum absolute atomic E-state index is 0.334. The summed E-state index contributed by atoms with van der Waals surface area (Å²) in [5, 5.41) is 13.0. The highest BCUT2D eigenvalue weighted by Gasteiger charge is 2.06. The molecule has 3 heteroatoms. The number of para-hydroxylation sites is 1. The molecule has 2 aromatic rings. The number of benzene rings is 2. The number of aliphatic hydroxyl groups excluding tert-OH is 1. The van der Waals surface area contributed by atoms with Crippen molar-refractivity contribution in [1.29, 1.82) is 0 Å². The van der Waals surface area contributed by atoms with Gasteiger partial charge in [0.2, 0.25) is 0 Å². The molecule has 0 fully saturated rings. The molecule has 100 valence electrons. The minimum atomic E-state index is -0.506. The summed E-state index contributed by atoms with van der Waals surface area (Å²) >= 11 is 0. The van der Waals surface area contributed by atoms with Crippen LogP contribution in [0.15, 0.2) is 54.6 Å². The van der Waals surface area contributed by atoms with Crippen molar-refractivity contribution in [3.05, 3.63) is 54.6 Å². The fourth-order valence-corrected chi connectivity index (χ4v) is 1.99. The molecule has 0 saturated heterocycles. The average molecular weight is 257 g/mol. The molecule has 0 aromatic heterocycles. The maximum Gasteiger partial charge on any atom is 0.0945 e. The number of methoxy groups -OCH3 is 1. The molecule has 19 heavy (non-hydrogen) atoms. The molecular formula is C16H19NO2. The summed E-state index contributed by atoms with van der Waals surface area (Å²) in [5.74, 6) is 0. The van der Waals surface area contributed by atoms with E-state index in [4.69, 9.17) is 4.74 Å². The molecule has 1 unspecified atom stereocenters. The van der Waals surface area contributed by atoms with Gasteiger partial charge in [0.25, 0.3) is 0 Å². The molecule has 0 amide bonds. The lowest BCUT2D eigenvalue weighted by Gasteiger charge is -2.15. The van der Waals surface area contributed by atoms with E-state index in [0.717, 1.165) is 16.8 Å². The van der Waals surface area contributed by atoms with E-state index in [0.29, 0.717) is 13.2 Å². The third kappa shape index (κ3) is 3.81. The molecule has 0 radical (unpaired) electrons. The number of hydrogen-bond donors (Lipinski definition) is 2. The largest absolute Gasteiger partial charge is 0.389 e. The number of rotatable bonds is 6. The number of hydrogen-bond acceptors (Lipinski definition) is 3. The zero-order valence-corrected chi connectivity index (χ0v) is 11.0. The lowest BCUT2D eigenvalue weighted by Crippen LogP contribution is -2.24. The third-order valence-corrected chi connectivity index (χ3v) is 2.90. The number of aliphatic hydroxyl groups is 1. The molecule has 1 atom stereocenters. The summed E-state index contributed by atoms with van der Waals surface area (Å²) in [5.41, 5.74) is 3.31. The Balaban J connectivity index is 2.13. The van der Waals surface area contributed by atoms with Crippen LogP contribution in [0.2, 0.25) is 0 Å². The van der Waals surface area contributed by atoms with Gasteiger partial charge in [0.1, 0.15) is 0 Å². The summed E-state index contributed by atoms with van der Waals surface area (Å²) in [6, 6.07) is 18.3. The van der Waals surface area contributed by atoms with Crippen molar-refractivity contribution in [2.75, 3.05) is 25.6 Å². The molecule has 0 saturated carbocycles. The zero-order valence-electron chi connectivity index (χ0n) is 11.0. The summed E-state index contributed by atoms with van der Waals surface area (Å²) in [4.78, 5) is 0. The van der Waals surface area contributed by atoms with Crippen LogP contribution in [0.3, 0.4) is 0 Å². The van der Waals surface area contributed by atoms with Gasteiger partial charge in [-0.2, -0.15) is 0 Å². The molecule has 2 rings (SSSR count). The lowest BCUT2D eigenvalue weighted by atomic mass is 10.0. The molecule has 3 nitrogen and oxygen atoms in total. The van der Waals surface area contributed by atoms with Crippen LogP contribution in [-0.2, 0) is 4.74 Å². The first-order valence-electron chi connectivity index (χ1n) is 6.36. The van der Waals surface area contributed by atoms with Gasteiger partial charge in [-0.3, -0.25) is 0 Å². The SMILES string of the molecule is COCC(O)CNc1ccccc1-c1ccccc1. The molecule has 0 aliphatic rings. The molecule has 0 spiro atoms. The average Bonchev–Trinajstić information content (AvgIpc) is 2.47. The van der Waals surface area contributed by atoms with Crippen LogP contribution in [0.4, 0.5) is 5.69 Å². The number of ether oxygens (including phenoxy) is 1. The Labute approximate surface area is 113 Å². The van der Waals surface area contributed by atoms with Gasteiger partial charge in [0.05, 0.1) is 12.7 Å². The molecular weight excluding hydrogens is 238 g/mol. The monoisotopic (exact) mass is 257 g/mol. The van der Waals surface area contributed by atoms with E-state index in [1.807, 2.05) is 36.4 Å². The molecule has 0 aliphatic carbocycles. The smallest absolute Gasteiger partial charge is 0.0945 e. The van der Waals surface area contributed by atoms with E-state index < -0.39 is 6.10 Å². The Bertz CT molecular complexity index is 499. The highest BCUT2D eigenvalue weighted by molar-refractivity contribution is 5.77. The normalized spacial score (nSPS) is 12.1. The van der Waals surface area contributed by atoms with Crippen molar-refractivity contribution < 1.29 is 9.84 Å². The van der Waals surface area contributed by atoms with Crippen LogP contribution in [0.5, 0.6) is 0 Å². The first-order chi connectivity index (χ1) is 9.31. The van der Waals surface area contributed by atoms with E-state index in [9.17, 15) is 5.11 Å².